The Bertz CT molecular complexity index is 756. The average molecular weight is 286 g/mol. The molecule has 0 aliphatic heterocycles. The number of thiophene rings is 1. The normalized spacial score (nSPS) is 10.6. The van der Waals surface area contributed by atoms with Crippen molar-refractivity contribution in [1.82, 2.24) is 10.2 Å². The van der Waals surface area contributed by atoms with Crippen LogP contribution in [0.25, 0.3) is 10.9 Å². The summed E-state index contributed by atoms with van der Waals surface area (Å²) in [5, 5.41) is 19.4. The number of aromatic nitrogens is 2. The van der Waals surface area contributed by atoms with Crippen LogP contribution in [0.4, 0.5) is 0 Å². The molecule has 0 aliphatic carbocycles. The van der Waals surface area contributed by atoms with E-state index in [1.807, 2.05) is 29.6 Å². The van der Waals surface area contributed by atoms with E-state index in [0.717, 1.165) is 4.88 Å². The van der Waals surface area contributed by atoms with Crippen molar-refractivity contribution in [3.05, 3.63) is 52.3 Å². The van der Waals surface area contributed by atoms with Crippen LogP contribution >= 0.6 is 11.3 Å². The molecule has 3 aromatic rings. The van der Waals surface area contributed by atoms with Crippen LogP contribution in [0.1, 0.15) is 15.4 Å². The molecule has 1 N–H and O–H groups in total. The Morgan fingerprint density at radius 3 is 2.80 bits per heavy atom. The standard InChI is InChI=1S/C14H10N2O3S/c17-14(18)12-13(19-8-9-4-3-7-20-9)10-5-1-2-6-11(10)15-16-12/h1-7H,8H2,(H,17,18). The number of carboxylic acids is 1. The van der Waals surface area contributed by atoms with Crippen LogP contribution in [0.15, 0.2) is 41.8 Å². The Morgan fingerprint density at radius 2 is 2.05 bits per heavy atom. The van der Waals surface area contributed by atoms with Crippen LogP contribution in [0, 0.1) is 0 Å². The number of aromatic carboxylic acids is 1. The van der Waals surface area contributed by atoms with Crippen LogP contribution < -0.4 is 4.74 Å². The number of nitrogens with zero attached hydrogens (tertiary/aromatic N) is 2. The molecule has 2 heterocycles. The molecular formula is C14H10N2O3S. The maximum absolute atomic E-state index is 11.2. The van der Waals surface area contributed by atoms with Gasteiger partial charge in [0.15, 0.2) is 5.75 Å². The minimum absolute atomic E-state index is 0.166. The SMILES string of the molecule is O=C(O)c1nnc2ccccc2c1OCc1cccs1. The van der Waals surface area contributed by atoms with Crippen LogP contribution in [-0.4, -0.2) is 21.3 Å². The molecule has 6 heteroatoms. The summed E-state index contributed by atoms with van der Waals surface area (Å²) in [6.45, 7) is 0.313. The molecule has 0 fully saturated rings. The van der Waals surface area contributed by atoms with E-state index in [4.69, 9.17) is 4.74 Å². The number of carboxylic acid groups (broad SMARTS) is 1. The highest BCUT2D eigenvalue weighted by Gasteiger charge is 2.18. The first-order chi connectivity index (χ1) is 9.75. The van der Waals surface area contributed by atoms with E-state index in [1.165, 1.54) is 0 Å². The van der Waals surface area contributed by atoms with Gasteiger partial charge in [-0.3, -0.25) is 0 Å². The third kappa shape index (κ3) is 2.33. The van der Waals surface area contributed by atoms with Crippen LogP contribution in [0.2, 0.25) is 0 Å². The second-order valence-electron chi connectivity index (χ2n) is 4.07. The highest BCUT2D eigenvalue weighted by molar-refractivity contribution is 7.09. The fraction of sp³-hybridized carbons (Fsp3) is 0.0714. The van der Waals surface area contributed by atoms with Crippen LogP contribution in [0.3, 0.4) is 0 Å². The largest absolute Gasteiger partial charge is 0.485 e. The van der Waals surface area contributed by atoms with E-state index >= 15 is 0 Å². The number of rotatable bonds is 4. The molecule has 0 spiro atoms. The molecular weight excluding hydrogens is 276 g/mol. The van der Waals surface area contributed by atoms with Gasteiger partial charge in [-0.2, -0.15) is 0 Å². The van der Waals surface area contributed by atoms with E-state index in [0.29, 0.717) is 17.5 Å². The van der Waals surface area contributed by atoms with Gasteiger partial charge in [-0.15, -0.1) is 21.5 Å². The predicted octanol–water partition coefficient (Wildman–Crippen LogP) is 2.97. The lowest BCUT2D eigenvalue weighted by Gasteiger charge is -2.09. The number of ether oxygens (including phenoxy) is 1. The van der Waals surface area contributed by atoms with Gasteiger partial charge in [-0.25, -0.2) is 4.79 Å². The Hall–Kier alpha value is -2.47. The van der Waals surface area contributed by atoms with E-state index in [2.05, 4.69) is 10.2 Å². The zero-order valence-corrected chi connectivity index (χ0v) is 11.1. The van der Waals surface area contributed by atoms with E-state index in [-0.39, 0.29) is 11.4 Å². The number of hydrogen-bond acceptors (Lipinski definition) is 5. The molecule has 0 saturated carbocycles. The molecule has 0 bridgehead atoms. The summed E-state index contributed by atoms with van der Waals surface area (Å²) in [4.78, 5) is 12.3. The first-order valence-corrected chi connectivity index (χ1v) is 6.77. The van der Waals surface area contributed by atoms with Crippen molar-refractivity contribution in [2.75, 3.05) is 0 Å². The summed E-state index contributed by atoms with van der Waals surface area (Å²) in [6, 6.07) is 11.0. The molecule has 0 saturated heterocycles. The van der Waals surface area contributed by atoms with Crippen molar-refractivity contribution in [2.45, 2.75) is 6.61 Å². The second kappa shape index (κ2) is 5.26. The van der Waals surface area contributed by atoms with Gasteiger partial charge in [0.2, 0.25) is 5.69 Å². The third-order valence-corrected chi connectivity index (χ3v) is 3.61. The number of hydrogen-bond donors (Lipinski definition) is 1. The molecule has 0 radical (unpaired) electrons. The third-order valence-electron chi connectivity index (χ3n) is 2.76. The summed E-state index contributed by atoms with van der Waals surface area (Å²) in [6.07, 6.45) is 0. The lowest BCUT2D eigenvalue weighted by Crippen LogP contribution is -2.07. The average Bonchev–Trinajstić information content (AvgIpc) is 2.97. The zero-order chi connectivity index (χ0) is 13.9. The Kier molecular flexibility index (Phi) is 3.30. The quantitative estimate of drug-likeness (QED) is 0.798. The van der Waals surface area contributed by atoms with Gasteiger partial charge in [0.25, 0.3) is 0 Å². The van der Waals surface area contributed by atoms with E-state index in [1.54, 1.807) is 23.5 Å². The molecule has 0 atom stereocenters. The molecule has 100 valence electrons. The van der Waals surface area contributed by atoms with Crippen molar-refractivity contribution >= 4 is 28.2 Å². The Balaban J connectivity index is 2.05. The second-order valence-corrected chi connectivity index (χ2v) is 5.10. The van der Waals surface area contributed by atoms with Gasteiger partial charge in [0.05, 0.1) is 5.52 Å². The molecule has 0 aliphatic rings. The molecule has 0 unspecified atom stereocenters. The summed E-state index contributed by atoms with van der Waals surface area (Å²) in [5.74, 6) is -0.888. The minimum Gasteiger partial charge on any atom is -0.485 e. The summed E-state index contributed by atoms with van der Waals surface area (Å²) < 4.78 is 5.68. The predicted molar refractivity (Wildman–Crippen MR) is 75.1 cm³/mol. The van der Waals surface area contributed by atoms with Gasteiger partial charge in [-0.05, 0) is 23.6 Å². The van der Waals surface area contributed by atoms with Crippen molar-refractivity contribution < 1.29 is 14.6 Å². The smallest absolute Gasteiger partial charge is 0.360 e. The van der Waals surface area contributed by atoms with Gasteiger partial charge in [-0.1, -0.05) is 18.2 Å². The van der Waals surface area contributed by atoms with Crippen LogP contribution in [0.5, 0.6) is 5.75 Å². The van der Waals surface area contributed by atoms with E-state index < -0.39 is 5.97 Å². The molecule has 20 heavy (non-hydrogen) atoms. The maximum Gasteiger partial charge on any atom is 0.360 e. The summed E-state index contributed by atoms with van der Waals surface area (Å²) >= 11 is 1.55. The van der Waals surface area contributed by atoms with Gasteiger partial charge in [0, 0.05) is 10.3 Å². The number of carbonyl (C=O) groups is 1. The first kappa shape index (κ1) is 12.6. The molecule has 0 amide bonds. The van der Waals surface area contributed by atoms with E-state index in [9.17, 15) is 9.90 Å². The van der Waals surface area contributed by atoms with Gasteiger partial charge < -0.3 is 9.84 Å². The van der Waals surface area contributed by atoms with Gasteiger partial charge in [0.1, 0.15) is 6.61 Å². The number of benzene rings is 1. The van der Waals surface area contributed by atoms with Crippen molar-refractivity contribution in [2.24, 2.45) is 0 Å². The van der Waals surface area contributed by atoms with Crippen LogP contribution in [-0.2, 0) is 6.61 Å². The summed E-state index contributed by atoms with van der Waals surface area (Å²) in [7, 11) is 0. The number of fused-ring (bicyclic) bond motifs is 1. The zero-order valence-electron chi connectivity index (χ0n) is 10.3. The lowest BCUT2D eigenvalue weighted by molar-refractivity contribution is 0.0684. The van der Waals surface area contributed by atoms with Gasteiger partial charge >= 0.3 is 5.97 Å². The molecule has 2 aromatic heterocycles. The lowest BCUT2D eigenvalue weighted by atomic mass is 10.2. The monoisotopic (exact) mass is 286 g/mol. The summed E-state index contributed by atoms with van der Waals surface area (Å²) in [5.41, 5.74) is 0.443. The minimum atomic E-state index is -1.15. The molecule has 1 aromatic carbocycles. The Labute approximate surface area is 118 Å². The van der Waals surface area contributed by atoms with Crippen molar-refractivity contribution in [3.8, 4) is 5.75 Å². The Morgan fingerprint density at radius 1 is 1.20 bits per heavy atom. The molecule has 5 nitrogen and oxygen atoms in total. The van der Waals surface area contributed by atoms with Crippen molar-refractivity contribution in [3.63, 3.8) is 0 Å². The van der Waals surface area contributed by atoms with Crippen molar-refractivity contribution in [1.29, 1.82) is 0 Å². The molecule has 3 rings (SSSR count). The fourth-order valence-electron chi connectivity index (χ4n) is 1.85. The first-order valence-electron chi connectivity index (χ1n) is 5.89. The topological polar surface area (TPSA) is 72.3 Å². The highest BCUT2D eigenvalue weighted by atomic mass is 32.1. The highest BCUT2D eigenvalue weighted by Crippen LogP contribution is 2.28. The fourth-order valence-corrected chi connectivity index (χ4v) is 2.47. The maximum atomic E-state index is 11.2.